The van der Waals surface area contributed by atoms with Crippen molar-refractivity contribution in [3.63, 3.8) is 0 Å². The van der Waals surface area contributed by atoms with Gasteiger partial charge in [0.15, 0.2) is 11.5 Å². The molecule has 0 atom stereocenters. The Labute approximate surface area is 160 Å². The molecule has 140 valence electrons. The van der Waals surface area contributed by atoms with Crippen LogP contribution in [0.3, 0.4) is 0 Å². The van der Waals surface area contributed by atoms with Gasteiger partial charge in [0.2, 0.25) is 5.78 Å². The molecule has 0 unspecified atom stereocenters. The fourth-order valence-corrected chi connectivity index (χ4v) is 3.36. The van der Waals surface area contributed by atoms with Gasteiger partial charge in [0.1, 0.15) is 17.2 Å². The average Bonchev–Trinajstić information content (AvgIpc) is 2.67. The van der Waals surface area contributed by atoms with Gasteiger partial charge in [-0.05, 0) is 37.6 Å². The number of ketones is 2. The lowest BCUT2D eigenvalue weighted by atomic mass is 9.92. The van der Waals surface area contributed by atoms with Crippen LogP contribution < -0.4 is 5.56 Å². The van der Waals surface area contributed by atoms with Crippen molar-refractivity contribution < 1.29 is 14.7 Å². The number of rotatable bonds is 3. The summed E-state index contributed by atoms with van der Waals surface area (Å²) in [6.45, 7) is 1.80. The first kappa shape index (κ1) is 17.8. The molecule has 0 bridgehead atoms. The number of nitrogens with zero attached hydrogens (tertiary/aromatic N) is 3. The van der Waals surface area contributed by atoms with Crippen molar-refractivity contribution in [1.29, 1.82) is 0 Å². The Bertz CT molecular complexity index is 1220. The first-order valence-electron chi connectivity index (χ1n) is 8.93. The third-order valence-corrected chi connectivity index (χ3v) is 4.69. The highest BCUT2D eigenvalue weighted by Gasteiger charge is 2.31. The largest absolute Gasteiger partial charge is 0.511 e. The van der Waals surface area contributed by atoms with Crippen molar-refractivity contribution in [3.05, 3.63) is 75.5 Å². The predicted molar refractivity (Wildman–Crippen MR) is 103 cm³/mol. The Morgan fingerprint density at radius 3 is 2.57 bits per heavy atom. The topological polar surface area (TPSA) is 102 Å². The molecule has 1 N–H and O–H groups in total. The highest BCUT2D eigenvalue weighted by atomic mass is 16.3. The number of aliphatic hydroxyl groups excluding tert-OH is 1. The number of aliphatic hydroxyl groups is 1. The molecule has 0 radical (unpaired) electrons. The monoisotopic (exact) mass is 375 g/mol. The molecular formula is C21H17N3O4. The van der Waals surface area contributed by atoms with Gasteiger partial charge in [0.05, 0.1) is 11.0 Å². The molecule has 1 aliphatic carbocycles. The van der Waals surface area contributed by atoms with Gasteiger partial charge in [-0.3, -0.25) is 19.0 Å². The molecule has 0 fully saturated rings. The maximum Gasteiger partial charge on any atom is 0.286 e. The number of para-hydroxylation sites is 2. The number of hydrogen-bond donors (Lipinski definition) is 1. The van der Waals surface area contributed by atoms with Crippen molar-refractivity contribution in [2.75, 3.05) is 0 Å². The molecule has 0 spiro atoms. The van der Waals surface area contributed by atoms with Crippen LogP contribution in [0, 0.1) is 6.92 Å². The van der Waals surface area contributed by atoms with Crippen molar-refractivity contribution in [2.45, 2.75) is 26.2 Å². The number of hydrogen-bond acceptors (Lipinski definition) is 6. The van der Waals surface area contributed by atoms with Crippen LogP contribution in [-0.2, 0) is 4.79 Å². The van der Waals surface area contributed by atoms with E-state index in [4.69, 9.17) is 0 Å². The summed E-state index contributed by atoms with van der Waals surface area (Å²) in [6, 6.07) is 12.1. The van der Waals surface area contributed by atoms with Crippen molar-refractivity contribution >= 4 is 22.6 Å². The second kappa shape index (κ2) is 6.84. The van der Waals surface area contributed by atoms with Gasteiger partial charge in [-0.1, -0.05) is 18.2 Å². The van der Waals surface area contributed by atoms with E-state index in [9.17, 15) is 19.5 Å². The zero-order chi connectivity index (χ0) is 19.8. The number of fused-ring (bicyclic) bond motifs is 1. The molecular weight excluding hydrogens is 358 g/mol. The Kier molecular flexibility index (Phi) is 4.35. The van der Waals surface area contributed by atoms with Crippen LogP contribution in [0.2, 0.25) is 0 Å². The fraction of sp³-hybridized carbons (Fsp3) is 0.190. The molecule has 1 aliphatic rings. The van der Waals surface area contributed by atoms with Crippen LogP contribution in [0.25, 0.3) is 16.9 Å². The maximum atomic E-state index is 13.2. The third kappa shape index (κ3) is 2.90. The molecule has 1 aromatic carbocycles. The molecule has 3 aromatic rings. The fourth-order valence-electron chi connectivity index (χ4n) is 3.36. The second-order valence-electron chi connectivity index (χ2n) is 6.65. The Morgan fingerprint density at radius 2 is 1.82 bits per heavy atom. The number of carbonyl (C=O) groups excluding carboxylic acids is 2. The number of aryl methyl sites for hydroxylation is 1. The van der Waals surface area contributed by atoms with Gasteiger partial charge in [0.25, 0.3) is 5.56 Å². The van der Waals surface area contributed by atoms with E-state index in [1.807, 2.05) is 0 Å². The SMILES string of the molecule is Cc1cccc(-n2c(=O)c(C(=O)C3=C(O)CCCC3=O)nc3ccccc32)n1. The summed E-state index contributed by atoms with van der Waals surface area (Å²) in [5.74, 6) is -1.25. The van der Waals surface area contributed by atoms with Crippen LogP contribution in [0.1, 0.15) is 35.4 Å². The molecule has 7 nitrogen and oxygen atoms in total. The molecule has 0 saturated carbocycles. The zero-order valence-electron chi connectivity index (χ0n) is 15.2. The molecule has 0 amide bonds. The van der Waals surface area contributed by atoms with E-state index in [0.29, 0.717) is 29.0 Å². The summed E-state index contributed by atoms with van der Waals surface area (Å²) >= 11 is 0. The highest BCUT2D eigenvalue weighted by Crippen LogP contribution is 2.23. The molecule has 2 heterocycles. The normalized spacial score (nSPS) is 14.5. The molecule has 28 heavy (non-hydrogen) atoms. The van der Waals surface area contributed by atoms with Crippen LogP contribution in [-0.4, -0.2) is 31.2 Å². The second-order valence-corrected chi connectivity index (χ2v) is 6.65. The lowest BCUT2D eigenvalue weighted by Crippen LogP contribution is -2.31. The minimum Gasteiger partial charge on any atom is -0.511 e. The Balaban J connectivity index is 2.01. The average molecular weight is 375 g/mol. The zero-order valence-corrected chi connectivity index (χ0v) is 15.2. The summed E-state index contributed by atoms with van der Waals surface area (Å²) in [5, 5.41) is 10.1. The van der Waals surface area contributed by atoms with Crippen molar-refractivity contribution in [3.8, 4) is 5.82 Å². The minimum atomic E-state index is -0.848. The number of allylic oxidation sites excluding steroid dienone is 2. The van der Waals surface area contributed by atoms with Gasteiger partial charge in [-0.2, -0.15) is 0 Å². The van der Waals surface area contributed by atoms with E-state index in [0.717, 1.165) is 0 Å². The summed E-state index contributed by atoms with van der Waals surface area (Å²) in [4.78, 5) is 47.0. The van der Waals surface area contributed by atoms with Crippen molar-refractivity contribution in [1.82, 2.24) is 14.5 Å². The van der Waals surface area contributed by atoms with Crippen LogP contribution >= 0.6 is 0 Å². The number of carbonyl (C=O) groups is 2. The van der Waals surface area contributed by atoms with Gasteiger partial charge in [-0.25, -0.2) is 9.97 Å². The van der Waals surface area contributed by atoms with E-state index >= 15 is 0 Å². The van der Waals surface area contributed by atoms with E-state index in [1.54, 1.807) is 49.4 Å². The highest BCUT2D eigenvalue weighted by molar-refractivity contribution is 6.26. The molecule has 7 heteroatoms. The van der Waals surface area contributed by atoms with Crippen molar-refractivity contribution in [2.24, 2.45) is 0 Å². The van der Waals surface area contributed by atoms with E-state index in [2.05, 4.69) is 9.97 Å². The molecule has 2 aromatic heterocycles. The molecule has 4 rings (SSSR count). The van der Waals surface area contributed by atoms with E-state index < -0.39 is 22.8 Å². The van der Waals surface area contributed by atoms with Gasteiger partial charge >= 0.3 is 0 Å². The van der Waals surface area contributed by atoms with Crippen LogP contribution in [0.4, 0.5) is 0 Å². The lowest BCUT2D eigenvalue weighted by molar-refractivity contribution is -0.116. The smallest absolute Gasteiger partial charge is 0.286 e. The Morgan fingerprint density at radius 1 is 1.04 bits per heavy atom. The number of Topliss-reactive ketones (excluding diaryl/α,β-unsaturated/α-hetero) is 2. The molecule has 0 aliphatic heterocycles. The number of pyridine rings is 1. The summed E-state index contributed by atoms with van der Waals surface area (Å²) in [7, 11) is 0. The third-order valence-electron chi connectivity index (χ3n) is 4.69. The Hall–Kier alpha value is -3.61. The summed E-state index contributed by atoms with van der Waals surface area (Å²) < 4.78 is 1.31. The van der Waals surface area contributed by atoms with E-state index in [-0.39, 0.29) is 24.2 Å². The standard InChI is InChI=1S/C21H17N3O4/c1-12-6-4-11-17(22-12)24-14-8-3-2-7-13(14)23-19(21(24)28)20(27)18-15(25)9-5-10-16(18)26/h2-4,6-8,11,25H,5,9-10H2,1H3. The minimum absolute atomic E-state index is 0.159. The lowest BCUT2D eigenvalue weighted by Gasteiger charge is -2.15. The first-order valence-corrected chi connectivity index (χ1v) is 8.93. The summed E-state index contributed by atoms with van der Waals surface area (Å²) in [5.41, 5.74) is 0.197. The summed E-state index contributed by atoms with van der Waals surface area (Å²) in [6.07, 6.45) is 0.865. The number of aromatic nitrogens is 3. The van der Waals surface area contributed by atoms with E-state index in [1.165, 1.54) is 4.57 Å². The van der Waals surface area contributed by atoms with Gasteiger partial charge in [-0.15, -0.1) is 0 Å². The van der Waals surface area contributed by atoms with Gasteiger partial charge < -0.3 is 5.11 Å². The maximum absolute atomic E-state index is 13.2. The van der Waals surface area contributed by atoms with Crippen LogP contribution in [0.15, 0.2) is 58.6 Å². The molecule has 0 saturated heterocycles. The quantitative estimate of drug-likeness (QED) is 0.558. The van der Waals surface area contributed by atoms with Crippen LogP contribution in [0.5, 0.6) is 0 Å². The number of benzene rings is 1. The predicted octanol–water partition coefficient (Wildman–Crippen LogP) is 2.84. The van der Waals surface area contributed by atoms with Gasteiger partial charge in [0, 0.05) is 18.5 Å². The first-order chi connectivity index (χ1) is 13.5.